The van der Waals surface area contributed by atoms with Crippen molar-refractivity contribution in [3.05, 3.63) is 65.2 Å². The Morgan fingerprint density at radius 1 is 1.17 bits per heavy atom. The molecule has 0 radical (unpaired) electrons. The number of nitrogens with one attached hydrogen (secondary N) is 2. The van der Waals surface area contributed by atoms with Gasteiger partial charge in [0.2, 0.25) is 5.91 Å². The van der Waals surface area contributed by atoms with Gasteiger partial charge in [-0.25, -0.2) is 4.98 Å². The molecule has 162 valence electrons. The van der Waals surface area contributed by atoms with Crippen LogP contribution in [-0.2, 0) is 16.6 Å². The summed E-state index contributed by atoms with van der Waals surface area (Å²) in [6.07, 6.45) is 2.54. The molecule has 3 unspecified atom stereocenters. The second-order valence-electron chi connectivity index (χ2n) is 8.00. The molecule has 0 bridgehead atoms. The maximum Gasteiger partial charge on any atom is 0.231 e. The summed E-state index contributed by atoms with van der Waals surface area (Å²) in [5, 5.41) is 7.79. The minimum absolute atomic E-state index is 0. The van der Waals surface area contributed by atoms with E-state index in [9.17, 15) is 4.79 Å². The number of aromatic nitrogens is 1. The molecule has 1 aliphatic rings. The Hall–Kier alpha value is -1.66. The highest BCUT2D eigenvalue weighted by atomic mass is 35.5. The van der Waals surface area contributed by atoms with Crippen LogP contribution in [-0.4, -0.2) is 29.5 Å². The maximum atomic E-state index is 13.5. The quantitative estimate of drug-likeness (QED) is 0.563. The van der Waals surface area contributed by atoms with Crippen LogP contribution in [0.15, 0.2) is 54.6 Å². The number of carbonyl (C=O) groups excluding carboxylic acids is 1. The van der Waals surface area contributed by atoms with E-state index in [1.807, 2.05) is 43.3 Å². The number of para-hydroxylation sites is 1. The van der Waals surface area contributed by atoms with E-state index < -0.39 is 5.41 Å². The second-order valence-corrected chi connectivity index (χ2v) is 9.12. The van der Waals surface area contributed by atoms with Gasteiger partial charge in [0, 0.05) is 18.5 Å². The van der Waals surface area contributed by atoms with Crippen LogP contribution in [0.4, 0.5) is 0 Å². The van der Waals surface area contributed by atoms with Crippen molar-refractivity contribution in [2.24, 2.45) is 0 Å². The van der Waals surface area contributed by atoms with Crippen LogP contribution >= 0.6 is 36.2 Å². The number of hydrogen-bond donors (Lipinski definition) is 2. The lowest BCUT2D eigenvalue weighted by Crippen LogP contribution is -2.52. The highest BCUT2D eigenvalue weighted by Gasteiger charge is 2.38. The number of hydrogen-bond acceptors (Lipinski definition) is 4. The summed E-state index contributed by atoms with van der Waals surface area (Å²) in [5.41, 5.74) is 1.39. The average molecular weight is 466 g/mol. The number of thiazole rings is 1. The van der Waals surface area contributed by atoms with Crippen LogP contribution < -0.4 is 10.6 Å². The monoisotopic (exact) mass is 465 g/mol. The molecular weight excluding hydrogens is 437 g/mol. The predicted molar refractivity (Wildman–Crippen MR) is 130 cm³/mol. The van der Waals surface area contributed by atoms with E-state index in [4.69, 9.17) is 4.98 Å². The van der Waals surface area contributed by atoms with E-state index >= 15 is 0 Å². The molecule has 2 N–H and O–H groups in total. The molecule has 0 aliphatic carbocycles. The molecule has 1 aromatic heterocycles. The molecule has 4 nitrogen and oxygen atoms in total. The molecule has 1 fully saturated rings. The smallest absolute Gasteiger partial charge is 0.231 e. The molecule has 3 aromatic rings. The Kier molecular flexibility index (Phi) is 8.68. The van der Waals surface area contributed by atoms with Crippen LogP contribution in [0.1, 0.15) is 37.3 Å². The van der Waals surface area contributed by atoms with Crippen molar-refractivity contribution < 1.29 is 4.79 Å². The first-order valence-corrected chi connectivity index (χ1v) is 10.8. The Bertz CT molecular complexity index is 932. The third-order valence-corrected chi connectivity index (χ3v) is 6.75. The molecule has 1 aliphatic heterocycles. The molecule has 30 heavy (non-hydrogen) atoms. The highest BCUT2D eigenvalue weighted by Crippen LogP contribution is 2.32. The molecule has 3 atom stereocenters. The van der Waals surface area contributed by atoms with E-state index in [2.05, 4.69) is 35.8 Å². The maximum absolute atomic E-state index is 13.5. The van der Waals surface area contributed by atoms with Crippen molar-refractivity contribution in [1.82, 2.24) is 15.6 Å². The Labute approximate surface area is 194 Å². The minimum Gasteiger partial charge on any atom is -0.352 e. The van der Waals surface area contributed by atoms with E-state index in [1.165, 1.54) is 4.70 Å². The fourth-order valence-electron chi connectivity index (χ4n) is 4.03. The van der Waals surface area contributed by atoms with Gasteiger partial charge in [0.1, 0.15) is 0 Å². The van der Waals surface area contributed by atoms with E-state index in [0.717, 1.165) is 35.5 Å². The van der Waals surface area contributed by atoms with Crippen LogP contribution in [0, 0.1) is 0 Å². The molecular formula is C23H29Cl2N3OS. The zero-order valence-corrected chi connectivity index (χ0v) is 19.7. The number of nitrogens with zero attached hydrogens (tertiary/aromatic N) is 1. The first-order chi connectivity index (χ1) is 13.5. The average Bonchev–Trinajstić information content (AvgIpc) is 3.10. The predicted octanol–water partition coefficient (Wildman–Crippen LogP) is 4.90. The van der Waals surface area contributed by atoms with Crippen molar-refractivity contribution in [2.75, 3.05) is 6.54 Å². The van der Waals surface area contributed by atoms with Gasteiger partial charge >= 0.3 is 0 Å². The highest BCUT2D eigenvalue weighted by molar-refractivity contribution is 7.18. The van der Waals surface area contributed by atoms with Gasteiger partial charge in [-0.15, -0.1) is 36.2 Å². The minimum atomic E-state index is -0.650. The Morgan fingerprint density at radius 3 is 2.57 bits per heavy atom. The van der Waals surface area contributed by atoms with E-state index in [-0.39, 0.29) is 36.8 Å². The van der Waals surface area contributed by atoms with Crippen molar-refractivity contribution in [3.63, 3.8) is 0 Å². The summed E-state index contributed by atoms with van der Waals surface area (Å²) >= 11 is 1.68. The van der Waals surface area contributed by atoms with E-state index in [1.54, 1.807) is 11.3 Å². The lowest BCUT2D eigenvalue weighted by molar-refractivity contribution is -0.127. The van der Waals surface area contributed by atoms with Crippen molar-refractivity contribution in [3.8, 4) is 0 Å². The topological polar surface area (TPSA) is 54.0 Å². The summed E-state index contributed by atoms with van der Waals surface area (Å²) in [6.45, 7) is 5.18. The van der Waals surface area contributed by atoms with Gasteiger partial charge < -0.3 is 10.6 Å². The summed E-state index contributed by atoms with van der Waals surface area (Å²) in [6, 6.07) is 18.9. The van der Waals surface area contributed by atoms with Crippen LogP contribution in [0.2, 0.25) is 0 Å². The van der Waals surface area contributed by atoms with Crippen molar-refractivity contribution >= 4 is 52.3 Å². The van der Waals surface area contributed by atoms with Gasteiger partial charge in [-0.05, 0) is 50.9 Å². The number of benzene rings is 2. The van der Waals surface area contributed by atoms with Gasteiger partial charge in [0.15, 0.2) is 0 Å². The molecule has 2 heterocycles. The Balaban J connectivity index is 0.00000160. The third kappa shape index (κ3) is 5.33. The standard InChI is InChI=1S/C23H27N3OS.2ClH/c1-16-14-18(12-13-24-16)25-22(27)23(2,17-8-4-3-5-9-17)15-21-26-19-10-6-7-11-20(19)28-21;;/h3-11,16,18,24H,12-15H2,1-2H3,(H,25,27);2*1H. The first-order valence-electron chi connectivity index (χ1n) is 9.99. The summed E-state index contributed by atoms with van der Waals surface area (Å²) in [5.74, 6) is 0.0945. The zero-order chi connectivity index (χ0) is 19.6. The van der Waals surface area contributed by atoms with Crippen molar-refractivity contribution in [1.29, 1.82) is 0 Å². The third-order valence-electron chi connectivity index (χ3n) is 5.71. The SMILES string of the molecule is CC1CC(NC(=O)C(C)(Cc2nc3ccccc3s2)c2ccccc2)CCN1.Cl.Cl. The molecule has 2 aromatic carbocycles. The normalized spacial score (nSPS) is 20.5. The van der Waals surface area contributed by atoms with Crippen LogP contribution in [0.5, 0.6) is 0 Å². The number of amides is 1. The number of rotatable bonds is 5. The molecule has 0 spiro atoms. The zero-order valence-electron chi connectivity index (χ0n) is 17.3. The van der Waals surface area contributed by atoms with Gasteiger partial charge in [0.05, 0.1) is 20.6 Å². The van der Waals surface area contributed by atoms with Gasteiger partial charge in [-0.2, -0.15) is 0 Å². The van der Waals surface area contributed by atoms with Crippen LogP contribution in [0.25, 0.3) is 10.2 Å². The summed E-state index contributed by atoms with van der Waals surface area (Å²) in [4.78, 5) is 18.3. The molecule has 0 saturated carbocycles. The summed E-state index contributed by atoms with van der Waals surface area (Å²) in [7, 11) is 0. The number of fused-ring (bicyclic) bond motifs is 1. The summed E-state index contributed by atoms with van der Waals surface area (Å²) < 4.78 is 1.17. The lowest BCUT2D eigenvalue weighted by atomic mass is 9.78. The fraction of sp³-hybridized carbons (Fsp3) is 0.391. The number of carbonyl (C=O) groups is 1. The fourth-order valence-corrected chi connectivity index (χ4v) is 5.15. The molecule has 1 amide bonds. The largest absolute Gasteiger partial charge is 0.352 e. The first kappa shape index (κ1) is 24.6. The molecule has 4 rings (SSSR count). The number of piperidine rings is 1. The number of halogens is 2. The van der Waals surface area contributed by atoms with Gasteiger partial charge in [0.25, 0.3) is 0 Å². The van der Waals surface area contributed by atoms with Crippen molar-refractivity contribution in [2.45, 2.75) is 50.6 Å². The van der Waals surface area contributed by atoms with Gasteiger partial charge in [-0.3, -0.25) is 4.79 Å². The van der Waals surface area contributed by atoms with Crippen LogP contribution in [0.3, 0.4) is 0 Å². The second kappa shape index (κ2) is 10.6. The molecule has 7 heteroatoms. The molecule has 1 saturated heterocycles. The lowest BCUT2D eigenvalue weighted by Gasteiger charge is -2.34. The van der Waals surface area contributed by atoms with E-state index in [0.29, 0.717) is 12.5 Å². The Morgan fingerprint density at radius 2 is 1.87 bits per heavy atom. The van der Waals surface area contributed by atoms with Gasteiger partial charge in [-0.1, -0.05) is 42.5 Å².